The van der Waals surface area contributed by atoms with Gasteiger partial charge in [-0.2, -0.15) is 4.98 Å². The first-order valence-electron chi connectivity index (χ1n) is 8.82. The summed E-state index contributed by atoms with van der Waals surface area (Å²) in [5.74, 6) is 1.80. The van der Waals surface area contributed by atoms with Gasteiger partial charge in [-0.05, 0) is 55.2 Å². The zero-order valence-corrected chi connectivity index (χ0v) is 15.3. The molecule has 0 radical (unpaired) electrons. The minimum atomic E-state index is 0.785. The molecule has 0 saturated carbocycles. The van der Waals surface area contributed by atoms with E-state index in [0.29, 0.717) is 0 Å². The van der Waals surface area contributed by atoms with Gasteiger partial charge < -0.3 is 15.5 Å². The predicted molar refractivity (Wildman–Crippen MR) is 100 cm³/mol. The fourth-order valence-electron chi connectivity index (χ4n) is 3.58. The molecule has 3 heterocycles. The Kier molecular flexibility index (Phi) is 4.41. The third-order valence-corrected chi connectivity index (χ3v) is 6.06. The number of aromatic nitrogens is 2. The van der Waals surface area contributed by atoms with Crippen LogP contribution >= 0.6 is 11.3 Å². The molecule has 2 aromatic heterocycles. The highest BCUT2D eigenvalue weighted by atomic mass is 32.1. The number of nitrogens with zero attached hydrogens (tertiary/aromatic N) is 3. The second-order valence-corrected chi connectivity index (χ2v) is 7.81. The maximum absolute atomic E-state index is 4.78. The molecule has 2 N–H and O–H groups in total. The molecule has 6 heteroatoms. The highest BCUT2D eigenvalue weighted by molar-refractivity contribution is 7.10. The molecule has 0 saturated heterocycles. The van der Waals surface area contributed by atoms with E-state index >= 15 is 0 Å². The zero-order chi connectivity index (χ0) is 16.5. The van der Waals surface area contributed by atoms with Crippen molar-refractivity contribution < 1.29 is 0 Å². The summed E-state index contributed by atoms with van der Waals surface area (Å²) in [6.07, 6.45) is 6.17. The fraction of sp³-hybridized carbons (Fsp3) is 0.556. The highest BCUT2D eigenvalue weighted by Crippen LogP contribution is 2.31. The van der Waals surface area contributed by atoms with Crippen LogP contribution in [0, 0.1) is 0 Å². The Hall–Kier alpha value is -1.66. The monoisotopic (exact) mass is 343 g/mol. The van der Waals surface area contributed by atoms with Crippen LogP contribution in [0.4, 0.5) is 11.8 Å². The molecule has 2 aliphatic rings. The van der Waals surface area contributed by atoms with E-state index in [9.17, 15) is 0 Å². The first kappa shape index (κ1) is 15.8. The Balaban J connectivity index is 1.60. The SMILES string of the molecule is CN(C)c1nc2c(c(NCc3csc4c3CCCC4)n1)CCNC2. The standard InChI is InChI=1S/C18H25N5S/c1-23(2)18-21-15-10-19-8-7-14(15)17(22-18)20-9-12-11-24-16-6-4-3-5-13(12)16/h11,19H,3-10H2,1-2H3,(H,20,21,22). The summed E-state index contributed by atoms with van der Waals surface area (Å²) in [6.45, 7) is 2.71. The molecule has 1 aliphatic heterocycles. The molecule has 0 atom stereocenters. The van der Waals surface area contributed by atoms with Crippen molar-refractivity contribution in [1.82, 2.24) is 15.3 Å². The van der Waals surface area contributed by atoms with Crippen LogP contribution in [-0.2, 0) is 32.4 Å². The lowest BCUT2D eigenvalue weighted by Crippen LogP contribution is -2.28. The molecule has 0 fully saturated rings. The van der Waals surface area contributed by atoms with E-state index in [0.717, 1.165) is 43.5 Å². The normalized spacial score (nSPS) is 16.4. The molecule has 0 amide bonds. The summed E-state index contributed by atoms with van der Waals surface area (Å²) < 4.78 is 0. The first-order valence-corrected chi connectivity index (χ1v) is 9.70. The van der Waals surface area contributed by atoms with Gasteiger partial charge >= 0.3 is 0 Å². The second-order valence-electron chi connectivity index (χ2n) is 6.84. The molecular weight excluding hydrogens is 318 g/mol. The van der Waals surface area contributed by atoms with E-state index in [1.165, 1.54) is 36.8 Å². The number of anilines is 2. The van der Waals surface area contributed by atoms with Crippen LogP contribution in [0.2, 0.25) is 0 Å². The molecule has 24 heavy (non-hydrogen) atoms. The fourth-order valence-corrected chi connectivity index (χ4v) is 4.73. The quantitative estimate of drug-likeness (QED) is 0.894. The minimum absolute atomic E-state index is 0.785. The molecule has 5 nitrogen and oxygen atoms in total. The van der Waals surface area contributed by atoms with Crippen molar-refractivity contribution in [2.45, 2.75) is 45.2 Å². The zero-order valence-electron chi connectivity index (χ0n) is 14.5. The Morgan fingerprint density at radius 3 is 2.92 bits per heavy atom. The Morgan fingerprint density at radius 1 is 1.17 bits per heavy atom. The van der Waals surface area contributed by atoms with Crippen molar-refractivity contribution in [2.75, 3.05) is 30.9 Å². The third kappa shape index (κ3) is 3.00. The highest BCUT2D eigenvalue weighted by Gasteiger charge is 2.20. The number of hydrogen-bond acceptors (Lipinski definition) is 6. The van der Waals surface area contributed by atoms with Gasteiger partial charge in [0.25, 0.3) is 0 Å². The molecule has 0 spiro atoms. The van der Waals surface area contributed by atoms with Crippen LogP contribution in [0.5, 0.6) is 0 Å². The van der Waals surface area contributed by atoms with Crippen molar-refractivity contribution >= 4 is 23.1 Å². The third-order valence-electron chi connectivity index (χ3n) is 4.92. The van der Waals surface area contributed by atoms with E-state index in [1.807, 2.05) is 30.3 Å². The Morgan fingerprint density at radius 2 is 2.04 bits per heavy atom. The number of rotatable bonds is 4. The number of fused-ring (bicyclic) bond motifs is 2. The van der Waals surface area contributed by atoms with Crippen LogP contribution in [-0.4, -0.2) is 30.6 Å². The smallest absolute Gasteiger partial charge is 0.227 e. The van der Waals surface area contributed by atoms with Gasteiger partial charge in [0.15, 0.2) is 0 Å². The topological polar surface area (TPSA) is 53.1 Å². The van der Waals surface area contributed by atoms with E-state index in [1.54, 1.807) is 10.4 Å². The first-order chi connectivity index (χ1) is 11.7. The largest absolute Gasteiger partial charge is 0.366 e. The summed E-state index contributed by atoms with van der Waals surface area (Å²) in [5.41, 5.74) is 5.47. The lowest BCUT2D eigenvalue weighted by molar-refractivity contribution is 0.623. The minimum Gasteiger partial charge on any atom is -0.366 e. The van der Waals surface area contributed by atoms with Gasteiger partial charge in [-0.1, -0.05) is 0 Å². The van der Waals surface area contributed by atoms with Crippen molar-refractivity contribution in [2.24, 2.45) is 0 Å². The maximum Gasteiger partial charge on any atom is 0.227 e. The lowest BCUT2D eigenvalue weighted by Gasteiger charge is -2.22. The van der Waals surface area contributed by atoms with Crippen LogP contribution in [0.1, 0.15) is 40.1 Å². The summed E-state index contributed by atoms with van der Waals surface area (Å²) >= 11 is 1.93. The average molecular weight is 344 g/mol. The van der Waals surface area contributed by atoms with Gasteiger partial charge in [-0.25, -0.2) is 4.98 Å². The van der Waals surface area contributed by atoms with Gasteiger partial charge in [-0.3, -0.25) is 0 Å². The van der Waals surface area contributed by atoms with Crippen molar-refractivity contribution in [1.29, 1.82) is 0 Å². The van der Waals surface area contributed by atoms with Gasteiger partial charge in [0.05, 0.1) is 5.69 Å². The molecule has 1 aliphatic carbocycles. The molecule has 128 valence electrons. The van der Waals surface area contributed by atoms with E-state index in [4.69, 9.17) is 9.97 Å². The molecule has 0 aromatic carbocycles. The van der Waals surface area contributed by atoms with Crippen LogP contribution < -0.4 is 15.5 Å². The molecular formula is C18H25N5S. The second kappa shape index (κ2) is 6.69. The lowest BCUT2D eigenvalue weighted by atomic mass is 9.96. The van der Waals surface area contributed by atoms with Crippen LogP contribution in [0.15, 0.2) is 5.38 Å². The molecule has 4 rings (SSSR count). The number of aryl methyl sites for hydroxylation is 1. The van der Waals surface area contributed by atoms with Gasteiger partial charge in [0.1, 0.15) is 5.82 Å². The molecule has 2 aromatic rings. The summed E-state index contributed by atoms with van der Waals surface area (Å²) in [7, 11) is 3.99. The van der Waals surface area contributed by atoms with Gasteiger partial charge in [-0.15, -0.1) is 11.3 Å². The van der Waals surface area contributed by atoms with E-state index < -0.39 is 0 Å². The van der Waals surface area contributed by atoms with Crippen molar-refractivity contribution in [3.8, 4) is 0 Å². The van der Waals surface area contributed by atoms with Crippen molar-refractivity contribution in [3.05, 3.63) is 32.6 Å². The Bertz CT molecular complexity index is 737. The van der Waals surface area contributed by atoms with E-state index in [2.05, 4.69) is 16.0 Å². The maximum atomic E-state index is 4.78. The molecule has 0 unspecified atom stereocenters. The van der Waals surface area contributed by atoms with Crippen molar-refractivity contribution in [3.63, 3.8) is 0 Å². The molecule has 0 bridgehead atoms. The number of hydrogen-bond donors (Lipinski definition) is 2. The number of thiophene rings is 1. The van der Waals surface area contributed by atoms with Crippen LogP contribution in [0.3, 0.4) is 0 Å². The van der Waals surface area contributed by atoms with Gasteiger partial charge in [0.2, 0.25) is 5.95 Å². The van der Waals surface area contributed by atoms with Crippen LogP contribution in [0.25, 0.3) is 0 Å². The average Bonchev–Trinajstić information content (AvgIpc) is 3.02. The van der Waals surface area contributed by atoms with E-state index in [-0.39, 0.29) is 0 Å². The Labute approximate surface area is 147 Å². The summed E-state index contributed by atoms with van der Waals surface area (Å²) in [6, 6.07) is 0. The van der Waals surface area contributed by atoms with Gasteiger partial charge in [0, 0.05) is 37.6 Å². The number of nitrogens with one attached hydrogen (secondary N) is 2. The predicted octanol–water partition coefficient (Wildman–Crippen LogP) is 2.74. The summed E-state index contributed by atoms with van der Waals surface area (Å²) in [5, 5.41) is 9.37. The summed E-state index contributed by atoms with van der Waals surface area (Å²) in [4.78, 5) is 13.1.